The van der Waals surface area contributed by atoms with E-state index in [4.69, 9.17) is 4.42 Å². The molecule has 1 N–H and O–H groups in total. The highest BCUT2D eigenvalue weighted by Crippen LogP contribution is 2.25. The number of rotatable bonds is 7. The van der Waals surface area contributed by atoms with Gasteiger partial charge in [0.1, 0.15) is 5.76 Å². The highest BCUT2D eigenvalue weighted by molar-refractivity contribution is 7.13. The van der Waals surface area contributed by atoms with Crippen LogP contribution in [0.15, 0.2) is 21.9 Å². The summed E-state index contributed by atoms with van der Waals surface area (Å²) in [6.07, 6.45) is 1.21. The molecule has 0 unspecified atom stereocenters. The molecule has 0 saturated carbocycles. The molecular formula is C15H21N3O2S. The molecular weight excluding hydrogens is 286 g/mol. The Morgan fingerprint density at radius 3 is 2.95 bits per heavy atom. The van der Waals surface area contributed by atoms with E-state index in [1.807, 2.05) is 38.5 Å². The van der Waals surface area contributed by atoms with E-state index >= 15 is 0 Å². The van der Waals surface area contributed by atoms with Gasteiger partial charge < -0.3 is 14.6 Å². The number of hydrogen-bond donors (Lipinski definition) is 1. The summed E-state index contributed by atoms with van der Waals surface area (Å²) in [7, 11) is 4.04. The van der Waals surface area contributed by atoms with E-state index in [1.54, 1.807) is 11.3 Å². The first kappa shape index (κ1) is 15.7. The second-order valence-electron chi connectivity index (χ2n) is 5.18. The van der Waals surface area contributed by atoms with E-state index < -0.39 is 0 Å². The van der Waals surface area contributed by atoms with Gasteiger partial charge in [0, 0.05) is 6.54 Å². The summed E-state index contributed by atoms with van der Waals surface area (Å²) >= 11 is 1.58. The second-order valence-corrected chi connectivity index (χ2v) is 6.13. The molecule has 0 aliphatic carbocycles. The third-order valence-corrected chi connectivity index (χ3v) is 3.91. The van der Waals surface area contributed by atoms with Crippen molar-refractivity contribution in [1.29, 1.82) is 0 Å². The molecule has 0 aliphatic rings. The summed E-state index contributed by atoms with van der Waals surface area (Å²) in [5.41, 5.74) is 0.712. The molecule has 2 aromatic heterocycles. The van der Waals surface area contributed by atoms with E-state index in [0.29, 0.717) is 23.9 Å². The molecule has 21 heavy (non-hydrogen) atoms. The van der Waals surface area contributed by atoms with Gasteiger partial charge in [-0.25, -0.2) is 4.98 Å². The number of aryl methyl sites for hydroxylation is 1. The molecule has 1 amide bonds. The monoisotopic (exact) mass is 307 g/mol. The van der Waals surface area contributed by atoms with Gasteiger partial charge in [-0.15, -0.1) is 11.3 Å². The Balaban J connectivity index is 1.86. The Morgan fingerprint density at radius 2 is 2.29 bits per heavy atom. The topological polar surface area (TPSA) is 58.4 Å². The van der Waals surface area contributed by atoms with E-state index in [1.165, 1.54) is 0 Å². The molecule has 6 heteroatoms. The summed E-state index contributed by atoms with van der Waals surface area (Å²) in [6, 6.07) is 3.91. The zero-order valence-corrected chi connectivity index (χ0v) is 13.5. The quantitative estimate of drug-likeness (QED) is 0.798. The van der Waals surface area contributed by atoms with Crippen molar-refractivity contribution in [2.75, 3.05) is 27.2 Å². The van der Waals surface area contributed by atoms with Gasteiger partial charge in [0.15, 0.2) is 0 Å². The lowest BCUT2D eigenvalue weighted by Crippen LogP contribution is -2.28. The molecule has 0 spiro atoms. The average molecular weight is 307 g/mol. The van der Waals surface area contributed by atoms with Gasteiger partial charge in [-0.3, -0.25) is 4.79 Å². The van der Waals surface area contributed by atoms with Gasteiger partial charge in [-0.2, -0.15) is 0 Å². The minimum Gasteiger partial charge on any atom is -0.440 e. The van der Waals surface area contributed by atoms with Gasteiger partial charge >= 0.3 is 0 Å². The molecule has 5 nitrogen and oxygen atoms in total. The fraction of sp³-hybridized carbons (Fsp3) is 0.467. The van der Waals surface area contributed by atoms with Crippen molar-refractivity contribution in [3.05, 3.63) is 29.0 Å². The maximum atomic E-state index is 11.9. The first-order valence-electron chi connectivity index (χ1n) is 6.98. The SMILES string of the molecule is Cc1oc(-c2cccs2)nc1CC(=O)NCCCN(C)C. The maximum absolute atomic E-state index is 11.9. The fourth-order valence-corrected chi connectivity index (χ4v) is 2.58. The van der Waals surface area contributed by atoms with E-state index in [9.17, 15) is 4.79 Å². The summed E-state index contributed by atoms with van der Waals surface area (Å²) in [6.45, 7) is 3.50. The van der Waals surface area contributed by atoms with Crippen LogP contribution in [0.4, 0.5) is 0 Å². The molecule has 0 aromatic carbocycles. The fourth-order valence-electron chi connectivity index (χ4n) is 1.94. The Hall–Kier alpha value is -1.66. The Morgan fingerprint density at radius 1 is 1.48 bits per heavy atom. The number of aromatic nitrogens is 1. The number of oxazole rings is 1. The summed E-state index contributed by atoms with van der Waals surface area (Å²) in [5.74, 6) is 1.29. The van der Waals surface area contributed by atoms with Crippen molar-refractivity contribution < 1.29 is 9.21 Å². The lowest BCUT2D eigenvalue weighted by Gasteiger charge is -2.09. The van der Waals surface area contributed by atoms with Crippen molar-refractivity contribution in [1.82, 2.24) is 15.2 Å². The number of carbonyl (C=O) groups excluding carboxylic acids is 1. The highest BCUT2D eigenvalue weighted by Gasteiger charge is 2.14. The molecule has 2 aromatic rings. The largest absolute Gasteiger partial charge is 0.440 e. The van der Waals surface area contributed by atoms with Gasteiger partial charge in [0.05, 0.1) is 17.0 Å². The molecule has 2 rings (SSSR count). The standard InChI is InChI=1S/C15H21N3O2S/c1-11-12(10-14(19)16-7-5-8-18(2)3)17-15(20-11)13-6-4-9-21-13/h4,6,9H,5,7-8,10H2,1-3H3,(H,16,19). The van der Waals surface area contributed by atoms with Crippen LogP contribution >= 0.6 is 11.3 Å². The molecule has 2 heterocycles. The molecule has 0 radical (unpaired) electrons. The Bertz CT molecular complexity index is 576. The highest BCUT2D eigenvalue weighted by atomic mass is 32.1. The van der Waals surface area contributed by atoms with Crippen LogP contribution in [0.2, 0.25) is 0 Å². The number of amides is 1. The maximum Gasteiger partial charge on any atom is 0.236 e. The number of nitrogens with zero attached hydrogens (tertiary/aromatic N) is 2. The van der Waals surface area contributed by atoms with Crippen LogP contribution in [0.25, 0.3) is 10.8 Å². The van der Waals surface area contributed by atoms with Crippen LogP contribution in [0, 0.1) is 6.92 Å². The van der Waals surface area contributed by atoms with Crippen molar-refractivity contribution in [2.45, 2.75) is 19.8 Å². The molecule has 0 aliphatic heterocycles. The van der Waals surface area contributed by atoms with E-state index in [2.05, 4.69) is 15.2 Å². The van der Waals surface area contributed by atoms with Gasteiger partial charge in [-0.05, 0) is 45.4 Å². The normalized spacial score (nSPS) is 11.0. The zero-order chi connectivity index (χ0) is 15.2. The van der Waals surface area contributed by atoms with Crippen LogP contribution in [-0.2, 0) is 11.2 Å². The molecule has 0 fully saturated rings. The zero-order valence-electron chi connectivity index (χ0n) is 12.7. The molecule has 0 bridgehead atoms. The smallest absolute Gasteiger partial charge is 0.236 e. The lowest BCUT2D eigenvalue weighted by atomic mass is 10.2. The van der Waals surface area contributed by atoms with Crippen LogP contribution in [0.5, 0.6) is 0 Å². The predicted molar refractivity (Wildman–Crippen MR) is 84.4 cm³/mol. The summed E-state index contributed by atoms with van der Waals surface area (Å²) < 4.78 is 5.63. The molecule has 0 saturated heterocycles. The lowest BCUT2D eigenvalue weighted by molar-refractivity contribution is -0.120. The minimum absolute atomic E-state index is 0.0112. The third-order valence-electron chi connectivity index (χ3n) is 3.06. The number of hydrogen-bond acceptors (Lipinski definition) is 5. The van der Waals surface area contributed by atoms with Crippen LogP contribution in [0.3, 0.4) is 0 Å². The van der Waals surface area contributed by atoms with Crippen LogP contribution in [0.1, 0.15) is 17.9 Å². The molecule has 0 atom stereocenters. The summed E-state index contributed by atoms with van der Waals surface area (Å²) in [4.78, 5) is 19.4. The van der Waals surface area contributed by atoms with Gasteiger partial charge in [0.2, 0.25) is 11.8 Å². The molecule has 114 valence electrons. The third kappa shape index (κ3) is 4.68. The van der Waals surface area contributed by atoms with Crippen molar-refractivity contribution in [3.63, 3.8) is 0 Å². The Labute approximate surface area is 129 Å². The van der Waals surface area contributed by atoms with Crippen LogP contribution < -0.4 is 5.32 Å². The number of nitrogens with one attached hydrogen (secondary N) is 1. The Kier molecular flexibility index (Phi) is 5.52. The van der Waals surface area contributed by atoms with Crippen molar-refractivity contribution in [3.8, 4) is 10.8 Å². The van der Waals surface area contributed by atoms with Crippen LogP contribution in [-0.4, -0.2) is 43.0 Å². The second kappa shape index (κ2) is 7.38. The van der Waals surface area contributed by atoms with Gasteiger partial charge in [0.25, 0.3) is 0 Å². The average Bonchev–Trinajstić information content (AvgIpc) is 3.05. The van der Waals surface area contributed by atoms with Gasteiger partial charge in [-0.1, -0.05) is 6.07 Å². The number of thiophene rings is 1. The summed E-state index contributed by atoms with van der Waals surface area (Å²) in [5, 5.41) is 4.89. The van der Waals surface area contributed by atoms with E-state index in [-0.39, 0.29) is 12.3 Å². The first-order chi connectivity index (χ1) is 10.1. The van der Waals surface area contributed by atoms with E-state index in [0.717, 1.165) is 17.8 Å². The van der Waals surface area contributed by atoms with Crippen molar-refractivity contribution >= 4 is 17.2 Å². The predicted octanol–water partition coefficient (Wildman–Crippen LogP) is 2.32. The minimum atomic E-state index is -0.0112. The first-order valence-corrected chi connectivity index (χ1v) is 7.86. The number of carbonyl (C=O) groups is 1. The van der Waals surface area contributed by atoms with Crippen molar-refractivity contribution in [2.24, 2.45) is 0 Å².